The molecule has 0 aliphatic heterocycles. The predicted octanol–water partition coefficient (Wildman–Crippen LogP) is 3.55. The van der Waals surface area contributed by atoms with E-state index in [1.807, 2.05) is 0 Å². The van der Waals surface area contributed by atoms with Crippen LogP contribution in [0.3, 0.4) is 0 Å². The molecule has 0 radical (unpaired) electrons. The van der Waals surface area contributed by atoms with E-state index in [4.69, 9.17) is 0 Å². The maximum Gasteiger partial charge on any atom is 0.418 e. The highest BCUT2D eigenvalue weighted by Crippen LogP contribution is 2.34. The number of anilines is 1. The molecule has 0 spiro atoms. The maximum atomic E-state index is 12.7. The third kappa shape index (κ3) is 3.54. The van der Waals surface area contributed by atoms with Crippen LogP contribution in [0, 0.1) is 0 Å². The monoisotopic (exact) mass is 265 g/mol. The largest absolute Gasteiger partial charge is 0.418 e. The molecule has 1 aromatic heterocycles. The lowest BCUT2D eigenvalue weighted by Gasteiger charge is -2.11. The van der Waals surface area contributed by atoms with Crippen molar-refractivity contribution in [1.82, 2.24) is 4.98 Å². The van der Waals surface area contributed by atoms with Gasteiger partial charge in [-0.2, -0.15) is 18.3 Å². The SMILES string of the molecule is FC(F)(F)c1ccccc1NN=Cc1ccncc1. The lowest BCUT2D eigenvalue weighted by Crippen LogP contribution is -2.08. The van der Waals surface area contributed by atoms with Crippen molar-refractivity contribution in [3.05, 3.63) is 59.9 Å². The smallest absolute Gasteiger partial charge is 0.278 e. The maximum absolute atomic E-state index is 12.7. The van der Waals surface area contributed by atoms with Gasteiger partial charge in [0.25, 0.3) is 0 Å². The van der Waals surface area contributed by atoms with E-state index < -0.39 is 11.7 Å². The number of hydrazone groups is 1. The molecular formula is C13H10F3N3. The van der Waals surface area contributed by atoms with Gasteiger partial charge in [-0.05, 0) is 29.8 Å². The fraction of sp³-hybridized carbons (Fsp3) is 0.0769. The third-order valence-corrected chi connectivity index (χ3v) is 2.34. The van der Waals surface area contributed by atoms with Gasteiger partial charge < -0.3 is 0 Å². The summed E-state index contributed by atoms with van der Waals surface area (Å²) in [6, 6.07) is 8.57. The highest BCUT2D eigenvalue weighted by molar-refractivity contribution is 5.79. The number of hydrogen-bond donors (Lipinski definition) is 1. The highest BCUT2D eigenvalue weighted by Gasteiger charge is 2.33. The van der Waals surface area contributed by atoms with Crippen LogP contribution in [-0.2, 0) is 6.18 Å². The Kier molecular flexibility index (Phi) is 3.79. The molecule has 0 saturated heterocycles. The predicted molar refractivity (Wildman–Crippen MR) is 66.9 cm³/mol. The molecule has 0 bridgehead atoms. The van der Waals surface area contributed by atoms with Gasteiger partial charge in [-0.15, -0.1) is 0 Å². The molecule has 0 saturated carbocycles. The average Bonchev–Trinajstić information content (AvgIpc) is 2.39. The van der Waals surface area contributed by atoms with Crippen LogP contribution in [0.5, 0.6) is 0 Å². The van der Waals surface area contributed by atoms with Crippen molar-refractivity contribution in [2.45, 2.75) is 6.18 Å². The normalized spacial score (nSPS) is 11.7. The molecule has 19 heavy (non-hydrogen) atoms. The van der Waals surface area contributed by atoms with Crippen molar-refractivity contribution >= 4 is 11.9 Å². The molecule has 1 aromatic carbocycles. The van der Waals surface area contributed by atoms with Gasteiger partial charge in [0.1, 0.15) is 0 Å². The molecule has 2 aromatic rings. The van der Waals surface area contributed by atoms with E-state index in [1.165, 1.54) is 24.4 Å². The van der Waals surface area contributed by atoms with Gasteiger partial charge in [-0.3, -0.25) is 10.4 Å². The van der Waals surface area contributed by atoms with Crippen LogP contribution >= 0.6 is 0 Å². The minimum Gasteiger partial charge on any atom is -0.278 e. The van der Waals surface area contributed by atoms with Gasteiger partial charge in [0, 0.05) is 12.4 Å². The summed E-state index contributed by atoms with van der Waals surface area (Å²) in [6.07, 6.45) is 0.167. The molecule has 0 amide bonds. The van der Waals surface area contributed by atoms with Crippen molar-refractivity contribution < 1.29 is 13.2 Å². The second-order valence-corrected chi connectivity index (χ2v) is 3.69. The Bertz CT molecular complexity index is 565. The van der Waals surface area contributed by atoms with Crippen LogP contribution in [-0.4, -0.2) is 11.2 Å². The number of hydrogen-bond acceptors (Lipinski definition) is 3. The minimum atomic E-state index is -4.41. The quantitative estimate of drug-likeness (QED) is 0.680. The number of rotatable bonds is 3. The summed E-state index contributed by atoms with van der Waals surface area (Å²) in [6.45, 7) is 0. The molecule has 6 heteroatoms. The molecule has 0 unspecified atom stereocenters. The summed E-state index contributed by atoms with van der Waals surface area (Å²) in [5, 5.41) is 3.78. The Hall–Kier alpha value is -2.37. The Morgan fingerprint density at radius 3 is 2.42 bits per heavy atom. The highest BCUT2D eigenvalue weighted by atomic mass is 19.4. The van der Waals surface area contributed by atoms with Crippen molar-refractivity contribution in [2.24, 2.45) is 5.10 Å². The van der Waals surface area contributed by atoms with Crippen LogP contribution in [0.15, 0.2) is 53.9 Å². The number of para-hydroxylation sites is 1. The Balaban J connectivity index is 2.14. The first-order chi connectivity index (χ1) is 9.07. The molecule has 0 fully saturated rings. The first kappa shape index (κ1) is 13.1. The first-order valence-corrected chi connectivity index (χ1v) is 5.43. The second kappa shape index (κ2) is 5.51. The van der Waals surface area contributed by atoms with Crippen LogP contribution in [0.25, 0.3) is 0 Å². The first-order valence-electron chi connectivity index (χ1n) is 5.43. The number of halogens is 3. The summed E-state index contributed by atoms with van der Waals surface area (Å²) in [5.74, 6) is 0. The third-order valence-electron chi connectivity index (χ3n) is 2.34. The number of pyridine rings is 1. The Labute approximate surface area is 107 Å². The van der Waals surface area contributed by atoms with Crippen LogP contribution in [0.4, 0.5) is 18.9 Å². The van der Waals surface area contributed by atoms with Gasteiger partial charge in [-0.25, -0.2) is 0 Å². The zero-order valence-electron chi connectivity index (χ0n) is 9.72. The van der Waals surface area contributed by atoms with Crippen LogP contribution in [0.2, 0.25) is 0 Å². The van der Waals surface area contributed by atoms with Crippen LogP contribution in [0.1, 0.15) is 11.1 Å². The van der Waals surface area contributed by atoms with E-state index in [1.54, 1.807) is 24.5 Å². The standard InChI is InChI=1S/C13H10F3N3/c14-13(15,16)11-3-1-2-4-12(11)19-18-9-10-5-7-17-8-6-10/h1-9,19H. The van der Waals surface area contributed by atoms with E-state index in [0.29, 0.717) is 0 Å². The Morgan fingerprint density at radius 2 is 1.74 bits per heavy atom. The molecule has 98 valence electrons. The molecule has 0 aliphatic carbocycles. The van der Waals surface area contributed by atoms with Crippen molar-refractivity contribution in [2.75, 3.05) is 5.43 Å². The lowest BCUT2D eigenvalue weighted by molar-refractivity contribution is -0.136. The van der Waals surface area contributed by atoms with E-state index in [-0.39, 0.29) is 5.69 Å². The van der Waals surface area contributed by atoms with Crippen molar-refractivity contribution in [1.29, 1.82) is 0 Å². The number of nitrogens with one attached hydrogen (secondary N) is 1. The fourth-order valence-corrected chi connectivity index (χ4v) is 1.45. The van der Waals surface area contributed by atoms with E-state index >= 15 is 0 Å². The van der Waals surface area contributed by atoms with Gasteiger partial charge in [0.2, 0.25) is 0 Å². The van der Waals surface area contributed by atoms with Gasteiger partial charge in [-0.1, -0.05) is 12.1 Å². The molecule has 3 nitrogen and oxygen atoms in total. The molecule has 0 atom stereocenters. The van der Waals surface area contributed by atoms with Crippen molar-refractivity contribution in [3.8, 4) is 0 Å². The van der Waals surface area contributed by atoms with Gasteiger partial charge in [0.05, 0.1) is 17.5 Å². The second-order valence-electron chi connectivity index (χ2n) is 3.69. The zero-order chi connectivity index (χ0) is 13.7. The van der Waals surface area contributed by atoms with Gasteiger partial charge >= 0.3 is 6.18 Å². The van der Waals surface area contributed by atoms with Crippen LogP contribution < -0.4 is 5.43 Å². The molecule has 2 rings (SSSR count). The summed E-state index contributed by atoms with van der Waals surface area (Å²) in [7, 11) is 0. The zero-order valence-corrected chi connectivity index (χ0v) is 9.72. The van der Waals surface area contributed by atoms with Gasteiger partial charge in [0.15, 0.2) is 0 Å². The summed E-state index contributed by atoms with van der Waals surface area (Å²) >= 11 is 0. The number of nitrogens with zero attached hydrogens (tertiary/aromatic N) is 2. The molecular weight excluding hydrogens is 255 g/mol. The topological polar surface area (TPSA) is 37.3 Å². The summed E-state index contributed by atoms with van der Waals surface area (Å²) in [4.78, 5) is 3.83. The molecule has 0 aliphatic rings. The summed E-state index contributed by atoms with van der Waals surface area (Å²) < 4.78 is 38.1. The molecule has 1 N–H and O–H groups in total. The number of aromatic nitrogens is 1. The lowest BCUT2D eigenvalue weighted by atomic mass is 10.2. The van der Waals surface area contributed by atoms with E-state index in [0.717, 1.165) is 11.6 Å². The fourth-order valence-electron chi connectivity index (χ4n) is 1.45. The Morgan fingerprint density at radius 1 is 1.05 bits per heavy atom. The number of alkyl halides is 3. The molecule has 1 heterocycles. The van der Waals surface area contributed by atoms with E-state index in [2.05, 4.69) is 15.5 Å². The van der Waals surface area contributed by atoms with E-state index in [9.17, 15) is 13.2 Å². The van der Waals surface area contributed by atoms with Crippen molar-refractivity contribution in [3.63, 3.8) is 0 Å². The number of benzene rings is 1. The average molecular weight is 265 g/mol. The minimum absolute atomic E-state index is 0.0830. The summed E-state index contributed by atoms with van der Waals surface area (Å²) in [5.41, 5.74) is 2.31.